The predicted octanol–water partition coefficient (Wildman–Crippen LogP) is 6.75. The molecule has 4 aromatic rings. The molecule has 1 saturated heterocycles. The Balaban J connectivity index is 1.47. The van der Waals surface area contributed by atoms with Gasteiger partial charge in [0.15, 0.2) is 5.17 Å². The second-order valence-electron chi connectivity index (χ2n) is 9.21. The summed E-state index contributed by atoms with van der Waals surface area (Å²) in [5.74, 6) is -1.18. The fourth-order valence-corrected chi connectivity index (χ4v) is 5.62. The first-order valence-corrected chi connectivity index (χ1v) is 14.1. The summed E-state index contributed by atoms with van der Waals surface area (Å²) in [6, 6.07) is 32.8. The fraction of sp³-hybridized carbons (Fsp3) is 0.125. The molecule has 1 aliphatic heterocycles. The normalized spacial score (nSPS) is 15.3. The van der Waals surface area contributed by atoms with Crippen molar-refractivity contribution >= 4 is 57.7 Å². The van der Waals surface area contributed by atoms with Crippen LogP contribution in [0.1, 0.15) is 33.9 Å². The van der Waals surface area contributed by atoms with E-state index in [1.54, 1.807) is 24.3 Å². The van der Waals surface area contributed by atoms with Crippen LogP contribution >= 0.6 is 23.4 Å². The van der Waals surface area contributed by atoms with Crippen LogP contribution in [0.15, 0.2) is 114 Å². The molecule has 1 N–H and O–H groups in total. The first-order chi connectivity index (χ1) is 19.9. The Bertz CT molecular complexity index is 1520. The monoisotopic (exact) mass is 583 g/mol. The summed E-state index contributed by atoms with van der Waals surface area (Å²) in [4.78, 5) is 44.6. The number of esters is 1. The minimum absolute atomic E-state index is 0.00487. The number of imide groups is 1. The molecule has 0 radical (unpaired) electrons. The molecule has 5 rings (SSSR count). The average molecular weight is 584 g/mol. The maximum atomic E-state index is 13.5. The number of hydrogen-bond donors (Lipinski definition) is 1. The lowest BCUT2D eigenvalue weighted by atomic mass is 9.99. The molecule has 0 aromatic heterocycles. The van der Waals surface area contributed by atoms with Gasteiger partial charge in [-0.2, -0.15) is 0 Å². The molecule has 1 heterocycles. The summed E-state index contributed by atoms with van der Waals surface area (Å²) in [5.41, 5.74) is 3.43. The van der Waals surface area contributed by atoms with Gasteiger partial charge in [-0.3, -0.25) is 9.59 Å². The number of nitrogens with zero attached hydrogens (tertiary/aromatic N) is 2. The maximum absolute atomic E-state index is 13.5. The van der Waals surface area contributed by atoms with Crippen molar-refractivity contribution in [3.63, 3.8) is 0 Å². The van der Waals surface area contributed by atoms with Gasteiger partial charge in [0, 0.05) is 17.1 Å². The Morgan fingerprint density at radius 3 is 2.05 bits per heavy atom. The number of halogens is 1. The number of nitrogens with one attached hydrogen (secondary N) is 1. The summed E-state index contributed by atoms with van der Waals surface area (Å²) in [5, 5.41) is 3.72. The number of methoxy groups -OCH3 is 1. The Kier molecular flexibility index (Phi) is 8.82. The quantitative estimate of drug-likeness (QED) is 0.112. The number of hydrogen-bond acceptors (Lipinski definition) is 6. The Morgan fingerprint density at radius 2 is 1.49 bits per heavy atom. The van der Waals surface area contributed by atoms with Crippen LogP contribution in [0, 0.1) is 0 Å². The van der Waals surface area contributed by atoms with Gasteiger partial charge in [-0.05, 0) is 59.7 Å². The van der Waals surface area contributed by atoms with Crippen LogP contribution in [0.25, 0.3) is 0 Å². The highest BCUT2D eigenvalue weighted by molar-refractivity contribution is 8.15. The Morgan fingerprint density at radius 1 is 0.902 bits per heavy atom. The number of rotatable bonds is 7. The molecule has 2 amide bonds. The van der Waals surface area contributed by atoms with E-state index in [1.165, 1.54) is 31.0 Å². The van der Waals surface area contributed by atoms with Gasteiger partial charge in [-0.1, -0.05) is 84.0 Å². The number of amides is 2. The van der Waals surface area contributed by atoms with Gasteiger partial charge >= 0.3 is 5.97 Å². The molecular formula is C32H26ClN3O4S. The zero-order chi connectivity index (χ0) is 28.8. The van der Waals surface area contributed by atoms with E-state index < -0.39 is 11.2 Å². The summed E-state index contributed by atoms with van der Waals surface area (Å²) in [6.07, 6.45) is 0.00487. The highest BCUT2D eigenvalue weighted by atomic mass is 35.5. The lowest BCUT2D eigenvalue weighted by molar-refractivity contribution is -0.121. The van der Waals surface area contributed by atoms with Crippen LogP contribution < -0.4 is 10.2 Å². The van der Waals surface area contributed by atoms with Crippen molar-refractivity contribution in [2.45, 2.75) is 17.7 Å². The summed E-state index contributed by atoms with van der Waals surface area (Å²) in [6.45, 7) is 0. The van der Waals surface area contributed by atoms with E-state index in [1.807, 2.05) is 72.8 Å². The molecule has 0 spiro atoms. The predicted molar refractivity (Wildman–Crippen MR) is 164 cm³/mol. The topological polar surface area (TPSA) is 88.1 Å². The number of amidine groups is 1. The average Bonchev–Trinajstić information content (AvgIpc) is 3.29. The third-order valence-corrected chi connectivity index (χ3v) is 7.81. The molecule has 9 heteroatoms. The van der Waals surface area contributed by atoms with Crippen LogP contribution in [0.3, 0.4) is 0 Å². The van der Waals surface area contributed by atoms with Gasteiger partial charge in [0.25, 0.3) is 0 Å². The summed E-state index contributed by atoms with van der Waals surface area (Å²) < 4.78 is 4.74. The number of carbonyl (C=O) groups excluding carboxylic acids is 3. The fourth-order valence-electron chi connectivity index (χ4n) is 4.44. The van der Waals surface area contributed by atoms with E-state index in [4.69, 9.17) is 21.3 Å². The van der Waals surface area contributed by atoms with E-state index in [0.717, 1.165) is 21.7 Å². The summed E-state index contributed by atoms with van der Waals surface area (Å²) in [7, 11) is 1.29. The SMILES string of the molecule is COC(=O)c1ccc(N2C(=O)CC(SC(=NC(c3ccccc3)c3ccccc3)Nc3ccc(Cl)cc3)C2=O)cc1. The van der Waals surface area contributed by atoms with Gasteiger partial charge in [-0.15, -0.1) is 0 Å². The van der Waals surface area contributed by atoms with Gasteiger partial charge in [0.1, 0.15) is 11.3 Å². The van der Waals surface area contributed by atoms with E-state index in [9.17, 15) is 14.4 Å². The summed E-state index contributed by atoms with van der Waals surface area (Å²) >= 11 is 7.31. The van der Waals surface area contributed by atoms with Crippen LogP contribution in [0.2, 0.25) is 5.02 Å². The van der Waals surface area contributed by atoms with Crippen molar-refractivity contribution in [2.24, 2.45) is 4.99 Å². The Labute approximate surface area is 247 Å². The number of ether oxygens (including phenoxy) is 1. The molecule has 206 valence electrons. The lowest BCUT2D eigenvalue weighted by Gasteiger charge is -2.19. The second kappa shape index (κ2) is 12.8. The standard InChI is InChI=1S/C32H26ClN3O4S/c1-40-31(39)23-12-18-26(19-13-23)36-28(37)20-27(30(36)38)41-32(34-25-16-14-24(33)15-17-25)35-29(21-8-4-2-5-9-21)22-10-6-3-7-11-22/h2-19,27,29H,20H2,1H3,(H,34,35). The minimum atomic E-state index is -0.700. The number of benzene rings is 4. The minimum Gasteiger partial charge on any atom is -0.465 e. The van der Waals surface area contributed by atoms with Gasteiger partial charge in [0.05, 0.1) is 18.4 Å². The third kappa shape index (κ3) is 6.67. The molecule has 0 aliphatic carbocycles. The van der Waals surface area contributed by atoms with Crippen molar-refractivity contribution in [1.82, 2.24) is 0 Å². The molecule has 1 aliphatic rings. The van der Waals surface area contributed by atoms with Gasteiger partial charge in [-0.25, -0.2) is 14.7 Å². The first-order valence-electron chi connectivity index (χ1n) is 12.8. The molecular weight excluding hydrogens is 558 g/mol. The van der Waals surface area contributed by atoms with Crippen LogP contribution in [0.4, 0.5) is 11.4 Å². The lowest BCUT2D eigenvalue weighted by Crippen LogP contribution is -2.31. The molecule has 0 saturated carbocycles. The maximum Gasteiger partial charge on any atom is 0.337 e. The number of thioether (sulfide) groups is 1. The van der Waals surface area contributed by atoms with Gasteiger partial charge < -0.3 is 10.1 Å². The van der Waals surface area contributed by atoms with Crippen LogP contribution in [0.5, 0.6) is 0 Å². The zero-order valence-electron chi connectivity index (χ0n) is 22.1. The molecule has 0 bridgehead atoms. The van der Waals surface area contributed by atoms with E-state index in [2.05, 4.69) is 5.32 Å². The second-order valence-corrected chi connectivity index (χ2v) is 10.8. The number of carbonyl (C=O) groups is 3. The molecule has 1 unspecified atom stereocenters. The zero-order valence-corrected chi connectivity index (χ0v) is 23.6. The number of anilines is 2. The smallest absolute Gasteiger partial charge is 0.337 e. The molecule has 4 aromatic carbocycles. The highest BCUT2D eigenvalue weighted by Crippen LogP contribution is 2.34. The highest BCUT2D eigenvalue weighted by Gasteiger charge is 2.41. The van der Waals surface area contributed by atoms with E-state index in [-0.39, 0.29) is 24.3 Å². The molecule has 1 fully saturated rings. The van der Waals surface area contributed by atoms with Crippen molar-refractivity contribution in [3.05, 3.63) is 131 Å². The largest absolute Gasteiger partial charge is 0.465 e. The van der Waals surface area contributed by atoms with E-state index >= 15 is 0 Å². The van der Waals surface area contributed by atoms with Gasteiger partial charge in [0.2, 0.25) is 11.8 Å². The van der Waals surface area contributed by atoms with Crippen molar-refractivity contribution in [3.8, 4) is 0 Å². The van der Waals surface area contributed by atoms with Crippen LogP contribution in [-0.4, -0.2) is 35.3 Å². The van der Waals surface area contributed by atoms with Crippen molar-refractivity contribution in [1.29, 1.82) is 0 Å². The van der Waals surface area contributed by atoms with Crippen LogP contribution in [-0.2, 0) is 14.3 Å². The molecule has 1 atom stereocenters. The number of aliphatic imine (C=N–C) groups is 1. The van der Waals surface area contributed by atoms with Crippen molar-refractivity contribution in [2.75, 3.05) is 17.3 Å². The molecule has 7 nitrogen and oxygen atoms in total. The first kappa shape index (κ1) is 28.1. The van der Waals surface area contributed by atoms with E-state index in [0.29, 0.717) is 21.4 Å². The third-order valence-electron chi connectivity index (χ3n) is 6.48. The Hall–Kier alpha value is -4.40. The molecule has 41 heavy (non-hydrogen) atoms. The van der Waals surface area contributed by atoms with Crippen molar-refractivity contribution < 1.29 is 19.1 Å².